The van der Waals surface area contributed by atoms with Gasteiger partial charge in [-0.05, 0) is 0 Å². The van der Waals surface area contributed by atoms with Gasteiger partial charge in [-0.3, -0.25) is 4.79 Å². The van der Waals surface area contributed by atoms with Crippen LogP contribution in [0.4, 0.5) is 11.6 Å². The second-order valence-electron chi connectivity index (χ2n) is 4.44. The molecule has 0 aliphatic carbocycles. The molecular weight excluding hydrogens is 218 g/mol. The molecule has 6 nitrogen and oxygen atoms in total. The maximum atomic E-state index is 11.4. The Hall–Kier alpha value is -1.85. The molecular formula is C11H17N5O. The highest BCUT2D eigenvalue weighted by Crippen LogP contribution is 2.21. The molecule has 1 unspecified atom stereocenters. The number of aromatic nitrogens is 2. The topological polar surface area (TPSA) is 61.4 Å². The smallest absolute Gasteiger partial charge is 0.224 e. The van der Waals surface area contributed by atoms with Crippen molar-refractivity contribution >= 4 is 17.5 Å². The molecule has 1 aromatic rings. The fraction of sp³-hybridized carbons (Fsp3) is 0.545. The third-order valence-corrected chi connectivity index (χ3v) is 2.78. The number of likely N-dealkylation sites (N-methyl/N-ethyl adjacent to an activating group) is 1. The fourth-order valence-electron chi connectivity index (χ4n) is 1.91. The molecule has 17 heavy (non-hydrogen) atoms. The van der Waals surface area contributed by atoms with E-state index in [9.17, 15) is 4.79 Å². The first-order valence-electron chi connectivity index (χ1n) is 5.56. The summed E-state index contributed by atoms with van der Waals surface area (Å²) >= 11 is 0. The van der Waals surface area contributed by atoms with Crippen molar-refractivity contribution in [3.8, 4) is 0 Å². The molecule has 2 heterocycles. The summed E-state index contributed by atoms with van der Waals surface area (Å²) in [6.45, 7) is 0.711. The standard InChI is InChI=1S/C11H17N5O/c1-15(2)11-10(12-4-5-13-11)14-8-6-9(17)16(3)7-8/h4-5,8H,6-7H2,1-3H3,(H,12,14). The van der Waals surface area contributed by atoms with Gasteiger partial charge < -0.3 is 15.1 Å². The number of amides is 1. The van der Waals surface area contributed by atoms with Crippen LogP contribution in [0.3, 0.4) is 0 Å². The number of carbonyl (C=O) groups is 1. The first-order chi connectivity index (χ1) is 8.08. The molecule has 1 saturated heterocycles. The number of hydrogen-bond acceptors (Lipinski definition) is 5. The Labute approximate surface area is 101 Å². The molecule has 1 aliphatic heterocycles. The SMILES string of the molecule is CN1CC(Nc2nccnc2N(C)C)CC1=O. The van der Waals surface area contributed by atoms with Crippen molar-refractivity contribution in [3.63, 3.8) is 0 Å². The molecule has 1 aromatic heterocycles. The van der Waals surface area contributed by atoms with Gasteiger partial charge in [-0.2, -0.15) is 0 Å². The van der Waals surface area contributed by atoms with Gasteiger partial charge in [-0.15, -0.1) is 0 Å². The maximum absolute atomic E-state index is 11.4. The molecule has 2 rings (SSSR count). The van der Waals surface area contributed by atoms with Crippen molar-refractivity contribution in [2.45, 2.75) is 12.5 Å². The fourth-order valence-corrected chi connectivity index (χ4v) is 1.91. The van der Waals surface area contributed by atoms with Crippen LogP contribution in [0, 0.1) is 0 Å². The number of carbonyl (C=O) groups excluding carboxylic acids is 1. The van der Waals surface area contributed by atoms with Gasteiger partial charge in [0.2, 0.25) is 5.91 Å². The predicted octanol–water partition coefficient (Wildman–Crippen LogP) is 0.185. The van der Waals surface area contributed by atoms with Gasteiger partial charge in [0.15, 0.2) is 11.6 Å². The van der Waals surface area contributed by atoms with Gasteiger partial charge in [0.1, 0.15) is 0 Å². The second-order valence-corrected chi connectivity index (χ2v) is 4.44. The number of anilines is 2. The summed E-state index contributed by atoms with van der Waals surface area (Å²) in [5.41, 5.74) is 0. The number of nitrogens with zero attached hydrogens (tertiary/aromatic N) is 4. The van der Waals surface area contributed by atoms with Crippen LogP contribution in [0.5, 0.6) is 0 Å². The molecule has 1 atom stereocenters. The average molecular weight is 235 g/mol. The van der Waals surface area contributed by atoms with Crippen molar-refractivity contribution in [1.82, 2.24) is 14.9 Å². The highest BCUT2D eigenvalue weighted by molar-refractivity contribution is 5.80. The lowest BCUT2D eigenvalue weighted by molar-refractivity contribution is -0.126. The van der Waals surface area contributed by atoms with Crippen LogP contribution in [0.1, 0.15) is 6.42 Å². The largest absolute Gasteiger partial charge is 0.362 e. The van der Waals surface area contributed by atoms with Gasteiger partial charge in [-0.25, -0.2) is 9.97 Å². The zero-order valence-electron chi connectivity index (χ0n) is 10.3. The molecule has 1 N–H and O–H groups in total. The summed E-state index contributed by atoms with van der Waals surface area (Å²) in [6, 6.07) is 0.114. The van der Waals surface area contributed by atoms with Gasteiger partial charge in [-0.1, -0.05) is 0 Å². The van der Waals surface area contributed by atoms with Gasteiger partial charge in [0, 0.05) is 46.5 Å². The normalized spacial score (nSPS) is 19.6. The minimum absolute atomic E-state index is 0.114. The van der Waals surface area contributed by atoms with Gasteiger partial charge in [0.25, 0.3) is 0 Å². The van der Waals surface area contributed by atoms with Crippen LogP contribution >= 0.6 is 0 Å². The third-order valence-electron chi connectivity index (χ3n) is 2.78. The average Bonchev–Trinajstić information content (AvgIpc) is 2.58. The molecule has 6 heteroatoms. The molecule has 0 saturated carbocycles. The monoisotopic (exact) mass is 235 g/mol. The summed E-state index contributed by atoms with van der Waals surface area (Å²) in [4.78, 5) is 23.6. The Kier molecular flexibility index (Phi) is 3.12. The van der Waals surface area contributed by atoms with Crippen LogP contribution < -0.4 is 10.2 Å². The van der Waals surface area contributed by atoms with E-state index in [1.807, 2.05) is 26.0 Å². The molecule has 0 radical (unpaired) electrons. The summed E-state index contributed by atoms with van der Waals surface area (Å²) in [5.74, 6) is 1.68. The van der Waals surface area contributed by atoms with E-state index in [4.69, 9.17) is 0 Å². The second kappa shape index (κ2) is 4.57. The van der Waals surface area contributed by atoms with Crippen LogP contribution in [-0.4, -0.2) is 54.5 Å². The minimum atomic E-state index is 0.114. The Balaban J connectivity index is 2.11. The molecule has 1 aliphatic rings. The molecule has 92 valence electrons. The quantitative estimate of drug-likeness (QED) is 0.810. The van der Waals surface area contributed by atoms with E-state index in [2.05, 4.69) is 15.3 Å². The zero-order valence-corrected chi connectivity index (χ0v) is 10.3. The lowest BCUT2D eigenvalue weighted by atomic mass is 10.2. The van der Waals surface area contributed by atoms with Crippen molar-refractivity contribution in [2.75, 3.05) is 37.9 Å². The van der Waals surface area contributed by atoms with E-state index in [-0.39, 0.29) is 11.9 Å². The number of hydrogen-bond donors (Lipinski definition) is 1. The van der Waals surface area contributed by atoms with Crippen LogP contribution in [0.25, 0.3) is 0 Å². The van der Waals surface area contributed by atoms with E-state index in [0.29, 0.717) is 13.0 Å². The summed E-state index contributed by atoms with van der Waals surface area (Å²) in [5, 5.41) is 3.27. The Morgan fingerprint density at radius 1 is 1.41 bits per heavy atom. The summed E-state index contributed by atoms with van der Waals surface area (Å²) in [6.07, 6.45) is 3.82. The maximum Gasteiger partial charge on any atom is 0.224 e. The van der Waals surface area contributed by atoms with Crippen LogP contribution in [0.15, 0.2) is 12.4 Å². The summed E-state index contributed by atoms with van der Waals surface area (Å²) < 4.78 is 0. The summed E-state index contributed by atoms with van der Waals surface area (Å²) in [7, 11) is 5.65. The van der Waals surface area contributed by atoms with Crippen LogP contribution in [-0.2, 0) is 4.79 Å². The third kappa shape index (κ3) is 2.46. The molecule has 1 fully saturated rings. The molecule has 0 spiro atoms. The Morgan fingerprint density at radius 3 is 2.71 bits per heavy atom. The highest BCUT2D eigenvalue weighted by Gasteiger charge is 2.27. The lowest BCUT2D eigenvalue weighted by Gasteiger charge is -2.18. The highest BCUT2D eigenvalue weighted by atomic mass is 16.2. The Morgan fingerprint density at radius 2 is 2.12 bits per heavy atom. The minimum Gasteiger partial charge on any atom is -0.362 e. The van der Waals surface area contributed by atoms with Crippen molar-refractivity contribution in [2.24, 2.45) is 0 Å². The number of nitrogens with one attached hydrogen (secondary N) is 1. The number of likely N-dealkylation sites (tertiary alicyclic amines) is 1. The van der Waals surface area contributed by atoms with E-state index in [0.717, 1.165) is 11.6 Å². The predicted molar refractivity (Wildman–Crippen MR) is 66.0 cm³/mol. The van der Waals surface area contributed by atoms with E-state index < -0.39 is 0 Å². The lowest BCUT2D eigenvalue weighted by Crippen LogP contribution is -2.26. The van der Waals surface area contributed by atoms with Crippen molar-refractivity contribution < 1.29 is 4.79 Å². The van der Waals surface area contributed by atoms with Gasteiger partial charge >= 0.3 is 0 Å². The molecule has 0 bridgehead atoms. The molecule has 1 amide bonds. The van der Waals surface area contributed by atoms with Crippen LogP contribution in [0.2, 0.25) is 0 Å². The van der Waals surface area contributed by atoms with Crippen molar-refractivity contribution in [1.29, 1.82) is 0 Å². The van der Waals surface area contributed by atoms with E-state index in [1.165, 1.54) is 0 Å². The number of rotatable bonds is 3. The Bertz CT molecular complexity index is 420. The first-order valence-corrected chi connectivity index (χ1v) is 5.56. The van der Waals surface area contributed by atoms with Gasteiger partial charge in [0.05, 0.1) is 6.04 Å². The van der Waals surface area contributed by atoms with Crippen molar-refractivity contribution in [3.05, 3.63) is 12.4 Å². The van der Waals surface area contributed by atoms with E-state index in [1.54, 1.807) is 17.3 Å². The first kappa shape index (κ1) is 11.6. The zero-order chi connectivity index (χ0) is 12.4. The molecule has 0 aromatic carbocycles. The van der Waals surface area contributed by atoms with E-state index >= 15 is 0 Å².